The van der Waals surface area contributed by atoms with E-state index >= 15 is 0 Å². The molecule has 0 aliphatic carbocycles. The molecule has 1 aromatic carbocycles. The Morgan fingerprint density at radius 1 is 1.35 bits per heavy atom. The molecule has 0 N–H and O–H groups in total. The largest absolute Gasteiger partial charge is 0.467 e. The fourth-order valence-corrected chi connectivity index (χ4v) is 2.06. The SMILES string of the molecule is CN(C)n1c(CCOC=O)cc2ccccc21. The lowest BCUT2D eigenvalue weighted by atomic mass is 10.2. The van der Waals surface area contributed by atoms with Crippen LogP contribution in [-0.4, -0.2) is 31.9 Å². The molecule has 2 aromatic rings. The van der Waals surface area contributed by atoms with Crippen LogP contribution in [0.25, 0.3) is 10.9 Å². The van der Waals surface area contributed by atoms with Gasteiger partial charge in [0.2, 0.25) is 0 Å². The average Bonchev–Trinajstić information content (AvgIpc) is 2.67. The molecule has 0 radical (unpaired) electrons. The van der Waals surface area contributed by atoms with Crippen molar-refractivity contribution < 1.29 is 9.53 Å². The fraction of sp³-hybridized carbons (Fsp3) is 0.308. The zero-order valence-corrected chi connectivity index (χ0v) is 10.1. The predicted molar refractivity (Wildman–Crippen MR) is 67.7 cm³/mol. The van der Waals surface area contributed by atoms with E-state index in [1.807, 2.05) is 31.2 Å². The Kier molecular flexibility index (Phi) is 3.32. The van der Waals surface area contributed by atoms with E-state index in [2.05, 4.69) is 22.9 Å². The van der Waals surface area contributed by atoms with Crippen molar-refractivity contribution >= 4 is 17.4 Å². The van der Waals surface area contributed by atoms with Gasteiger partial charge in [0.05, 0.1) is 12.1 Å². The van der Waals surface area contributed by atoms with E-state index in [0.29, 0.717) is 19.5 Å². The molecule has 0 saturated heterocycles. The smallest absolute Gasteiger partial charge is 0.293 e. The molecule has 4 heteroatoms. The second-order valence-electron chi connectivity index (χ2n) is 4.07. The molecular formula is C13H16N2O2. The molecule has 0 bridgehead atoms. The van der Waals surface area contributed by atoms with Crippen LogP contribution in [0.1, 0.15) is 5.69 Å². The first kappa shape index (κ1) is 11.5. The molecule has 1 heterocycles. The first-order chi connectivity index (χ1) is 8.24. The maximum atomic E-state index is 10.1. The number of hydrogen-bond acceptors (Lipinski definition) is 3. The minimum atomic E-state index is 0.410. The molecule has 0 spiro atoms. The van der Waals surface area contributed by atoms with E-state index in [-0.39, 0.29) is 0 Å². The third kappa shape index (κ3) is 2.25. The zero-order valence-electron chi connectivity index (χ0n) is 10.1. The Morgan fingerprint density at radius 3 is 2.82 bits per heavy atom. The molecule has 1 aromatic heterocycles. The average molecular weight is 232 g/mol. The highest BCUT2D eigenvalue weighted by atomic mass is 16.5. The molecule has 90 valence electrons. The summed E-state index contributed by atoms with van der Waals surface area (Å²) >= 11 is 0. The number of benzene rings is 1. The predicted octanol–water partition coefficient (Wildman–Crippen LogP) is 1.55. The third-order valence-corrected chi connectivity index (χ3v) is 2.70. The Bertz CT molecular complexity index is 517. The van der Waals surface area contributed by atoms with Crippen LogP contribution in [-0.2, 0) is 16.0 Å². The highest BCUT2D eigenvalue weighted by molar-refractivity contribution is 5.81. The van der Waals surface area contributed by atoms with Gasteiger partial charge >= 0.3 is 0 Å². The molecule has 17 heavy (non-hydrogen) atoms. The van der Waals surface area contributed by atoms with Crippen LogP contribution in [0.2, 0.25) is 0 Å². The number of ether oxygens (including phenoxy) is 1. The number of aromatic nitrogens is 1. The number of fused-ring (bicyclic) bond motifs is 1. The summed E-state index contributed by atoms with van der Waals surface area (Å²) in [5, 5.41) is 3.22. The molecule has 0 fully saturated rings. The normalized spacial score (nSPS) is 10.5. The number of carbonyl (C=O) groups excluding carboxylic acids is 1. The van der Waals surface area contributed by atoms with Crippen LogP contribution in [0.5, 0.6) is 0 Å². The highest BCUT2D eigenvalue weighted by Gasteiger charge is 2.09. The van der Waals surface area contributed by atoms with Crippen molar-refractivity contribution in [3.63, 3.8) is 0 Å². The minimum absolute atomic E-state index is 0.410. The topological polar surface area (TPSA) is 34.5 Å². The lowest BCUT2D eigenvalue weighted by Crippen LogP contribution is -2.26. The van der Waals surface area contributed by atoms with Gasteiger partial charge in [-0.1, -0.05) is 18.2 Å². The fourth-order valence-electron chi connectivity index (χ4n) is 2.06. The van der Waals surface area contributed by atoms with Crippen molar-refractivity contribution in [3.05, 3.63) is 36.0 Å². The highest BCUT2D eigenvalue weighted by Crippen LogP contribution is 2.19. The van der Waals surface area contributed by atoms with Crippen LogP contribution in [0.3, 0.4) is 0 Å². The van der Waals surface area contributed by atoms with Crippen molar-refractivity contribution in [3.8, 4) is 0 Å². The van der Waals surface area contributed by atoms with E-state index < -0.39 is 0 Å². The Morgan fingerprint density at radius 2 is 2.12 bits per heavy atom. The van der Waals surface area contributed by atoms with Gasteiger partial charge < -0.3 is 9.75 Å². The summed E-state index contributed by atoms with van der Waals surface area (Å²) in [5.41, 5.74) is 2.30. The van der Waals surface area contributed by atoms with Gasteiger partial charge in [0.25, 0.3) is 6.47 Å². The van der Waals surface area contributed by atoms with Gasteiger partial charge in [-0.2, -0.15) is 0 Å². The number of rotatable bonds is 5. The standard InChI is InChI=1S/C13H16N2O2/c1-14(2)15-12(7-8-17-10-16)9-11-5-3-4-6-13(11)15/h3-6,9-10H,7-8H2,1-2H3. The van der Waals surface area contributed by atoms with E-state index in [4.69, 9.17) is 4.74 Å². The van der Waals surface area contributed by atoms with Crippen molar-refractivity contribution in [2.24, 2.45) is 0 Å². The second kappa shape index (κ2) is 4.91. The van der Waals surface area contributed by atoms with E-state index in [9.17, 15) is 4.79 Å². The van der Waals surface area contributed by atoms with Gasteiger partial charge in [0.15, 0.2) is 0 Å². The van der Waals surface area contributed by atoms with Crippen LogP contribution < -0.4 is 5.01 Å². The summed E-state index contributed by atoms with van der Waals surface area (Å²) in [4.78, 5) is 10.1. The van der Waals surface area contributed by atoms with Crippen molar-refractivity contribution in [2.75, 3.05) is 25.7 Å². The Labute approximate surface area is 100 Å². The van der Waals surface area contributed by atoms with Crippen LogP contribution in [0.4, 0.5) is 0 Å². The van der Waals surface area contributed by atoms with Crippen molar-refractivity contribution in [2.45, 2.75) is 6.42 Å². The number of para-hydroxylation sites is 1. The summed E-state index contributed by atoms with van der Waals surface area (Å²) in [5.74, 6) is 0. The summed E-state index contributed by atoms with van der Waals surface area (Å²) in [6.45, 7) is 0.899. The van der Waals surface area contributed by atoms with Gasteiger partial charge in [0, 0.05) is 31.6 Å². The Hall–Kier alpha value is -1.97. The lowest BCUT2D eigenvalue weighted by molar-refractivity contribution is -0.128. The quantitative estimate of drug-likeness (QED) is 0.579. The van der Waals surface area contributed by atoms with Crippen molar-refractivity contribution in [1.29, 1.82) is 0 Å². The summed E-state index contributed by atoms with van der Waals surface area (Å²) in [6, 6.07) is 10.3. The second-order valence-corrected chi connectivity index (χ2v) is 4.07. The first-order valence-corrected chi connectivity index (χ1v) is 5.56. The van der Waals surface area contributed by atoms with Crippen LogP contribution >= 0.6 is 0 Å². The number of hydrogen-bond donors (Lipinski definition) is 0. The molecule has 0 unspecified atom stereocenters. The van der Waals surface area contributed by atoms with Gasteiger partial charge in [-0.05, 0) is 12.1 Å². The van der Waals surface area contributed by atoms with Gasteiger partial charge in [-0.15, -0.1) is 0 Å². The van der Waals surface area contributed by atoms with Gasteiger partial charge in [-0.3, -0.25) is 9.47 Å². The Balaban J connectivity index is 2.39. The molecule has 4 nitrogen and oxygen atoms in total. The van der Waals surface area contributed by atoms with E-state index in [1.54, 1.807) is 0 Å². The first-order valence-electron chi connectivity index (χ1n) is 5.56. The number of nitrogens with zero attached hydrogens (tertiary/aromatic N) is 2. The zero-order chi connectivity index (χ0) is 12.3. The third-order valence-electron chi connectivity index (χ3n) is 2.70. The van der Waals surface area contributed by atoms with Gasteiger partial charge in [0.1, 0.15) is 0 Å². The minimum Gasteiger partial charge on any atom is -0.467 e. The van der Waals surface area contributed by atoms with Crippen LogP contribution in [0, 0.1) is 0 Å². The summed E-state index contributed by atoms with van der Waals surface area (Å²) in [7, 11) is 3.99. The molecule has 0 atom stereocenters. The molecule has 2 rings (SSSR count). The summed E-state index contributed by atoms with van der Waals surface area (Å²) in [6.07, 6.45) is 0.714. The molecule has 0 saturated carbocycles. The number of carbonyl (C=O) groups is 1. The van der Waals surface area contributed by atoms with E-state index in [1.165, 1.54) is 10.9 Å². The molecular weight excluding hydrogens is 216 g/mol. The lowest BCUT2D eigenvalue weighted by Gasteiger charge is -2.19. The maximum absolute atomic E-state index is 10.1. The molecule has 0 aliphatic heterocycles. The van der Waals surface area contributed by atoms with Crippen LogP contribution in [0.15, 0.2) is 30.3 Å². The summed E-state index contributed by atoms with van der Waals surface area (Å²) < 4.78 is 6.88. The molecule has 0 amide bonds. The van der Waals surface area contributed by atoms with Crippen molar-refractivity contribution in [1.82, 2.24) is 4.68 Å². The van der Waals surface area contributed by atoms with E-state index in [0.717, 1.165) is 5.69 Å². The van der Waals surface area contributed by atoms with Gasteiger partial charge in [-0.25, -0.2) is 0 Å². The molecule has 0 aliphatic rings. The maximum Gasteiger partial charge on any atom is 0.293 e. The monoisotopic (exact) mass is 232 g/mol.